The number of rotatable bonds is 10. The fourth-order valence-corrected chi connectivity index (χ4v) is 7.22. The number of likely N-dealkylation sites (tertiary alicyclic amines) is 1. The molecule has 0 unspecified atom stereocenters. The maximum atomic E-state index is 12.7. The molecule has 3 heterocycles. The number of β-amino-alcohol motifs (C(OH)–C–C–N with tert-alkyl or cyclic N) is 1. The predicted molar refractivity (Wildman–Crippen MR) is 207 cm³/mol. The van der Waals surface area contributed by atoms with E-state index in [1.807, 2.05) is 30.3 Å². The first kappa shape index (κ1) is 38.5. The number of hydrogen-bond acceptors (Lipinski definition) is 9. The van der Waals surface area contributed by atoms with Gasteiger partial charge in [0.25, 0.3) is 5.91 Å². The van der Waals surface area contributed by atoms with Gasteiger partial charge < -0.3 is 40.0 Å². The predicted octanol–water partition coefficient (Wildman–Crippen LogP) is 6.38. The SMILES string of the molecule is Cc1c(COc2cc3c(cc2Cl)CN[C@@H](CO)CCCCNC(=O)c2cncc(c2)CO3)cccc1-c1cccc(OCCCN2CC[C@@H](O)C2)c1C. The van der Waals surface area contributed by atoms with Crippen molar-refractivity contribution in [1.29, 1.82) is 0 Å². The highest BCUT2D eigenvalue weighted by atomic mass is 35.5. The molecule has 2 aliphatic heterocycles. The summed E-state index contributed by atoms with van der Waals surface area (Å²) in [5.41, 5.74) is 7.51. The smallest absolute Gasteiger partial charge is 0.252 e. The number of halogens is 1. The number of pyridine rings is 1. The van der Waals surface area contributed by atoms with Crippen LogP contribution in [0.5, 0.6) is 17.2 Å². The van der Waals surface area contributed by atoms with Gasteiger partial charge in [0.05, 0.1) is 29.9 Å². The molecule has 53 heavy (non-hydrogen) atoms. The van der Waals surface area contributed by atoms with Gasteiger partial charge in [-0.25, -0.2) is 0 Å². The molecule has 2 atom stereocenters. The van der Waals surface area contributed by atoms with Crippen molar-refractivity contribution in [3.63, 3.8) is 0 Å². The molecule has 2 aliphatic rings. The first-order valence-electron chi connectivity index (χ1n) is 18.6. The van der Waals surface area contributed by atoms with Crippen LogP contribution in [-0.4, -0.2) is 77.5 Å². The van der Waals surface area contributed by atoms with Crippen molar-refractivity contribution in [1.82, 2.24) is 20.5 Å². The van der Waals surface area contributed by atoms with Crippen molar-refractivity contribution in [3.05, 3.63) is 105 Å². The summed E-state index contributed by atoms with van der Waals surface area (Å²) >= 11 is 6.84. The van der Waals surface area contributed by atoms with Crippen molar-refractivity contribution >= 4 is 17.5 Å². The Morgan fingerprint density at radius 2 is 1.83 bits per heavy atom. The van der Waals surface area contributed by atoms with E-state index in [1.54, 1.807) is 18.5 Å². The molecule has 0 spiro atoms. The molecule has 282 valence electrons. The topological polar surface area (TPSA) is 125 Å². The second-order valence-electron chi connectivity index (χ2n) is 14.0. The lowest BCUT2D eigenvalue weighted by molar-refractivity contribution is 0.0952. The monoisotopic (exact) mass is 742 g/mol. The van der Waals surface area contributed by atoms with E-state index in [-0.39, 0.29) is 31.3 Å². The molecule has 0 radical (unpaired) electrons. The average Bonchev–Trinajstić information content (AvgIpc) is 3.58. The van der Waals surface area contributed by atoms with Crippen LogP contribution in [0.1, 0.15) is 70.3 Å². The van der Waals surface area contributed by atoms with Crippen molar-refractivity contribution in [2.24, 2.45) is 0 Å². The van der Waals surface area contributed by atoms with E-state index in [0.717, 1.165) is 96.4 Å². The van der Waals surface area contributed by atoms with Gasteiger partial charge in [-0.3, -0.25) is 9.78 Å². The van der Waals surface area contributed by atoms with Gasteiger partial charge >= 0.3 is 0 Å². The second-order valence-corrected chi connectivity index (χ2v) is 14.4. The quantitative estimate of drug-likeness (QED) is 0.137. The number of aliphatic hydroxyl groups excluding tert-OH is 2. The zero-order chi connectivity index (χ0) is 37.2. The van der Waals surface area contributed by atoms with Gasteiger partial charge in [0.15, 0.2) is 0 Å². The summed E-state index contributed by atoms with van der Waals surface area (Å²) in [6.07, 6.45) is 7.20. The fourth-order valence-electron chi connectivity index (χ4n) is 6.98. The zero-order valence-corrected chi connectivity index (χ0v) is 31.5. The summed E-state index contributed by atoms with van der Waals surface area (Å²) in [5, 5.41) is 26.7. The number of carbonyl (C=O) groups excluding carboxylic acids is 1. The van der Waals surface area contributed by atoms with Crippen molar-refractivity contribution in [3.8, 4) is 28.4 Å². The Hall–Kier alpha value is -4.19. The largest absolute Gasteiger partial charge is 0.493 e. The summed E-state index contributed by atoms with van der Waals surface area (Å²) < 4.78 is 19.0. The van der Waals surface area contributed by atoms with E-state index >= 15 is 0 Å². The van der Waals surface area contributed by atoms with Gasteiger partial charge in [0.2, 0.25) is 0 Å². The molecule has 1 amide bonds. The normalized spacial score (nSPS) is 18.5. The van der Waals surface area contributed by atoms with Crippen LogP contribution in [0.3, 0.4) is 0 Å². The maximum absolute atomic E-state index is 12.7. The van der Waals surface area contributed by atoms with E-state index in [9.17, 15) is 15.0 Å². The lowest BCUT2D eigenvalue weighted by Gasteiger charge is -2.20. The number of fused-ring (bicyclic) bond motifs is 3. The van der Waals surface area contributed by atoms with Gasteiger partial charge in [-0.05, 0) is 85.5 Å². The Labute approximate surface area is 317 Å². The van der Waals surface area contributed by atoms with Crippen molar-refractivity contribution in [2.45, 2.75) is 77.9 Å². The van der Waals surface area contributed by atoms with E-state index in [2.05, 4.69) is 52.6 Å². The van der Waals surface area contributed by atoms with E-state index < -0.39 is 0 Å². The number of benzene rings is 3. The highest BCUT2D eigenvalue weighted by Gasteiger charge is 2.20. The standard InChI is InChI=1S/C42H51ClN4O6/c1-28-31(8-5-10-36(28)37-11-6-12-39(29(37)2)51-17-7-15-47-16-13-35(49)24-47)27-53-41-20-40-32(19-38(41)43)23-46-34(25-48)9-3-4-14-45-42(50)33-18-30(26-52-40)21-44-22-33/h5-6,8,10-12,18-22,34-35,46,48-49H,3-4,7,9,13-17,23-27H2,1-2H3,(H,45,50)/t34-,35-/m1/s1. The summed E-state index contributed by atoms with van der Waals surface area (Å²) in [6.45, 7) is 8.92. The van der Waals surface area contributed by atoms with Crippen LogP contribution in [0.25, 0.3) is 11.1 Å². The number of aliphatic hydroxyl groups is 2. The fraction of sp³-hybridized carbons (Fsp3) is 0.429. The molecule has 0 saturated carbocycles. The number of nitrogens with zero attached hydrogens (tertiary/aromatic N) is 2. The summed E-state index contributed by atoms with van der Waals surface area (Å²) in [6, 6.07) is 17.8. The Balaban J connectivity index is 1.17. The van der Waals surface area contributed by atoms with Crippen molar-refractivity contribution < 1.29 is 29.2 Å². The molecule has 1 fully saturated rings. The molecule has 2 bridgehead atoms. The van der Waals surface area contributed by atoms with E-state index in [0.29, 0.717) is 48.4 Å². The van der Waals surface area contributed by atoms with Crippen LogP contribution in [0.2, 0.25) is 5.02 Å². The lowest BCUT2D eigenvalue weighted by atomic mass is 9.93. The molecule has 11 heteroatoms. The minimum absolute atomic E-state index is 0.00568. The van der Waals surface area contributed by atoms with Crippen LogP contribution in [0, 0.1) is 13.8 Å². The molecule has 1 saturated heterocycles. The van der Waals surface area contributed by atoms with E-state index in [4.69, 9.17) is 25.8 Å². The molecular formula is C42H51ClN4O6. The summed E-state index contributed by atoms with van der Waals surface area (Å²) in [5.74, 6) is 1.78. The van der Waals surface area contributed by atoms with Crippen LogP contribution >= 0.6 is 11.6 Å². The second kappa shape index (κ2) is 18.7. The molecule has 6 rings (SSSR count). The van der Waals surface area contributed by atoms with Gasteiger partial charge in [-0.1, -0.05) is 48.4 Å². The Morgan fingerprint density at radius 1 is 1.00 bits per heavy atom. The maximum Gasteiger partial charge on any atom is 0.252 e. The first-order valence-corrected chi connectivity index (χ1v) is 19.0. The van der Waals surface area contributed by atoms with Gasteiger partial charge in [-0.15, -0.1) is 0 Å². The highest BCUT2D eigenvalue weighted by Crippen LogP contribution is 2.36. The highest BCUT2D eigenvalue weighted by molar-refractivity contribution is 6.32. The molecule has 4 aromatic rings. The number of hydrogen-bond donors (Lipinski definition) is 4. The minimum Gasteiger partial charge on any atom is -0.493 e. The molecule has 0 aliphatic carbocycles. The third-order valence-electron chi connectivity index (χ3n) is 10.2. The Kier molecular flexibility index (Phi) is 13.6. The number of nitrogens with one attached hydrogen (secondary N) is 2. The van der Waals surface area contributed by atoms with Crippen LogP contribution in [0.15, 0.2) is 67.0 Å². The minimum atomic E-state index is -0.205. The molecule has 3 aromatic carbocycles. The molecule has 4 N–H and O–H groups in total. The third kappa shape index (κ3) is 10.3. The van der Waals surface area contributed by atoms with Crippen LogP contribution in [-0.2, 0) is 19.8 Å². The first-order chi connectivity index (χ1) is 25.8. The number of aromatic nitrogens is 1. The van der Waals surface area contributed by atoms with E-state index in [1.165, 1.54) is 0 Å². The molecule has 10 nitrogen and oxygen atoms in total. The molecule has 1 aromatic heterocycles. The van der Waals surface area contributed by atoms with Gasteiger partial charge in [-0.2, -0.15) is 0 Å². The Morgan fingerprint density at radius 3 is 2.64 bits per heavy atom. The van der Waals surface area contributed by atoms with Gasteiger partial charge in [0, 0.05) is 68.4 Å². The average molecular weight is 743 g/mol. The van der Waals surface area contributed by atoms with Crippen LogP contribution < -0.4 is 24.8 Å². The summed E-state index contributed by atoms with van der Waals surface area (Å²) in [4.78, 5) is 19.3. The third-order valence-corrected chi connectivity index (χ3v) is 10.5. The lowest BCUT2D eigenvalue weighted by Crippen LogP contribution is -2.32. The zero-order valence-electron chi connectivity index (χ0n) is 30.7. The van der Waals surface area contributed by atoms with Crippen LogP contribution in [0.4, 0.5) is 0 Å². The summed E-state index contributed by atoms with van der Waals surface area (Å²) in [7, 11) is 0. The number of carbonyl (C=O) groups is 1. The molecular weight excluding hydrogens is 692 g/mol. The Bertz CT molecular complexity index is 1850. The van der Waals surface area contributed by atoms with Gasteiger partial charge in [0.1, 0.15) is 30.5 Å². The number of ether oxygens (including phenoxy) is 3. The van der Waals surface area contributed by atoms with Crippen molar-refractivity contribution in [2.75, 3.05) is 39.4 Å². The number of amides is 1.